The molecular formula is C18H24BrN3. The van der Waals surface area contributed by atoms with Gasteiger partial charge in [-0.15, -0.1) is 0 Å². The summed E-state index contributed by atoms with van der Waals surface area (Å²) in [7, 11) is 0. The van der Waals surface area contributed by atoms with Gasteiger partial charge in [0.1, 0.15) is 0 Å². The number of rotatable bonds is 3. The third-order valence-corrected chi connectivity index (χ3v) is 5.88. The smallest absolute Gasteiger partial charge is 0.0458 e. The summed E-state index contributed by atoms with van der Waals surface area (Å²) in [5.74, 6) is 0.816. The molecule has 2 heterocycles. The van der Waals surface area contributed by atoms with E-state index in [-0.39, 0.29) is 0 Å². The molecule has 1 aromatic heterocycles. The Balaban J connectivity index is 1.75. The Bertz CT molecular complexity index is 639. The lowest BCUT2D eigenvalue weighted by Crippen LogP contribution is -2.46. The van der Waals surface area contributed by atoms with Crippen molar-refractivity contribution in [2.45, 2.75) is 31.7 Å². The van der Waals surface area contributed by atoms with E-state index in [2.05, 4.69) is 55.5 Å². The standard InChI is InChI=1S/C18H24BrN3/c19-14-5-6-17-15(11-14)16(12-21-17)18(13-3-1-2-4-13)22-9-7-20-8-10-22/h5-6,11-13,18,20-21H,1-4,7-10H2/t18-/m1/s1. The molecule has 1 aromatic carbocycles. The lowest BCUT2D eigenvalue weighted by atomic mass is 9.89. The molecule has 1 aliphatic heterocycles. The van der Waals surface area contributed by atoms with Crippen LogP contribution in [0.5, 0.6) is 0 Å². The van der Waals surface area contributed by atoms with Gasteiger partial charge in [0.25, 0.3) is 0 Å². The van der Waals surface area contributed by atoms with Gasteiger partial charge in [-0.3, -0.25) is 4.90 Å². The zero-order chi connectivity index (χ0) is 14.9. The van der Waals surface area contributed by atoms with Crippen LogP contribution < -0.4 is 5.32 Å². The summed E-state index contributed by atoms with van der Waals surface area (Å²) in [5, 5.41) is 4.89. The van der Waals surface area contributed by atoms with E-state index in [1.807, 2.05) is 0 Å². The summed E-state index contributed by atoms with van der Waals surface area (Å²) in [6.07, 6.45) is 7.84. The first kappa shape index (κ1) is 14.7. The molecule has 1 saturated carbocycles. The Labute approximate surface area is 140 Å². The third-order valence-electron chi connectivity index (χ3n) is 5.39. The van der Waals surface area contributed by atoms with Crippen LogP contribution in [0, 0.1) is 5.92 Å². The van der Waals surface area contributed by atoms with Gasteiger partial charge in [0.2, 0.25) is 0 Å². The molecule has 118 valence electrons. The third kappa shape index (κ3) is 2.72. The van der Waals surface area contributed by atoms with Gasteiger partial charge in [0.05, 0.1) is 0 Å². The van der Waals surface area contributed by atoms with Gasteiger partial charge in [0.15, 0.2) is 0 Å². The second kappa shape index (κ2) is 6.34. The molecule has 2 N–H and O–H groups in total. The van der Waals surface area contributed by atoms with Crippen molar-refractivity contribution in [2.24, 2.45) is 5.92 Å². The summed E-state index contributed by atoms with van der Waals surface area (Å²) in [5.41, 5.74) is 2.77. The van der Waals surface area contributed by atoms with Crippen LogP contribution in [0.15, 0.2) is 28.9 Å². The largest absolute Gasteiger partial charge is 0.361 e. The molecular weight excluding hydrogens is 338 g/mol. The summed E-state index contributed by atoms with van der Waals surface area (Å²) >= 11 is 3.64. The van der Waals surface area contributed by atoms with E-state index < -0.39 is 0 Å². The van der Waals surface area contributed by atoms with E-state index in [9.17, 15) is 0 Å². The van der Waals surface area contributed by atoms with Crippen molar-refractivity contribution in [3.63, 3.8) is 0 Å². The maximum atomic E-state index is 3.64. The molecule has 0 spiro atoms. The van der Waals surface area contributed by atoms with Gasteiger partial charge in [-0.2, -0.15) is 0 Å². The fourth-order valence-electron chi connectivity index (χ4n) is 4.34. The van der Waals surface area contributed by atoms with E-state index >= 15 is 0 Å². The van der Waals surface area contributed by atoms with Crippen molar-refractivity contribution in [1.82, 2.24) is 15.2 Å². The first-order valence-corrected chi connectivity index (χ1v) is 9.33. The predicted molar refractivity (Wildman–Crippen MR) is 95.1 cm³/mol. The molecule has 22 heavy (non-hydrogen) atoms. The molecule has 2 aromatic rings. The van der Waals surface area contributed by atoms with Gasteiger partial charge in [0, 0.05) is 53.8 Å². The highest BCUT2D eigenvalue weighted by molar-refractivity contribution is 9.10. The highest BCUT2D eigenvalue weighted by atomic mass is 79.9. The molecule has 0 bridgehead atoms. The molecule has 2 fully saturated rings. The summed E-state index contributed by atoms with van der Waals surface area (Å²) in [6.45, 7) is 4.58. The second-order valence-corrected chi connectivity index (χ2v) is 7.62. The van der Waals surface area contributed by atoms with Gasteiger partial charge in [-0.25, -0.2) is 0 Å². The van der Waals surface area contributed by atoms with Gasteiger partial charge >= 0.3 is 0 Å². The quantitative estimate of drug-likeness (QED) is 0.863. The lowest BCUT2D eigenvalue weighted by Gasteiger charge is -2.38. The number of nitrogens with one attached hydrogen (secondary N) is 2. The molecule has 1 saturated heterocycles. The van der Waals surface area contributed by atoms with Crippen molar-refractivity contribution in [1.29, 1.82) is 0 Å². The number of nitrogens with zero attached hydrogens (tertiary/aromatic N) is 1. The van der Waals surface area contributed by atoms with Crippen molar-refractivity contribution >= 4 is 26.8 Å². The van der Waals surface area contributed by atoms with E-state index in [1.54, 1.807) is 0 Å². The Morgan fingerprint density at radius 1 is 1.14 bits per heavy atom. The fourth-order valence-corrected chi connectivity index (χ4v) is 4.70. The Morgan fingerprint density at radius 3 is 2.68 bits per heavy atom. The van der Waals surface area contributed by atoms with E-state index in [0.29, 0.717) is 6.04 Å². The Hall–Kier alpha value is -0.840. The average Bonchev–Trinajstić information content (AvgIpc) is 3.20. The zero-order valence-electron chi connectivity index (χ0n) is 12.9. The van der Waals surface area contributed by atoms with Crippen molar-refractivity contribution in [3.05, 3.63) is 34.4 Å². The molecule has 3 nitrogen and oxygen atoms in total. The average molecular weight is 362 g/mol. The van der Waals surface area contributed by atoms with Crippen LogP contribution in [0.4, 0.5) is 0 Å². The van der Waals surface area contributed by atoms with E-state index in [1.165, 1.54) is 59.7 Å². The number of fused-ring (bicyclic) bond motifs is 1. The zero-order valence-corrected chi connectivity index (χ0v) is 14.5. The number of piperazine rings is 1. The fraction of sp³-hybridized carbons (Fsp3) is 0.556. The topological polar surface area (TPSA) is 31.1 Å². The minimum Gasteiger partial charge on any atom is -0.361 e. The molecule has 0 unspecified atom stereocenters. The minimum absolute atomic E-state index is 0.577. The number of hydrogen-bond acceptors (Lipinski definition) is 2. The first-order valence-electron chi connectivity index (χ1n) is 8.54. The molecule has 0 amide bonds. The molecule has 2 aliphatic rings. The molecule has 1 atom stereocenters. The Kier molecular flexibility index (Phi) is 4.25. The van der Waals surface area contributed by atoms with Crippen LogP contribution in [0.1, 0.15) is 37.3 Å². The highest BCUT2D eigenvalue weighted by Gasteiger charge is 2.33. The Morgan fingerprint density at radius 2 is 1.91 bits per heavy atom. The lowest BCUT2D eigenvalue weighted by molar-refractivity contribution is 0.126. The van der Waals surface area contributed by atoms with Crippen LogP contribution in [0.3, 0.4) is 0 Å². The van der Waals surface area contributed by atoms with Crippen LogP contribution in [0.2, 0.25) is 0 Å². The van der Waals surface area contributed by atoms with E-state index in [0.717, 1.165) is 19.0 Å². The van der Waals surface area contributed by atoms with Gasteiger partial charge < -0.3 is 10.3 Å². The number of H-pyrrole nitrogens is 1. The molecule has 1 aliphatic carbocycles. The summed E-state index contributed by atoms with van der Waals surface area (Å²) in [4.78, 5) is 6.21. The monoisotopic (exact) mass is 361 g/mol. The maximum absolute atomic E-state index is 3.64. The highest BCUT2D eigenvalue weighted by Crippen LogP contribution is 2.42. The van der Waals surface area contributed by atoms with Crippen molar-refractivity contribution in [2.75, 3.05) is 26.2 Å². The molecule has 0 radical (unpaired) electrons. The number of halogens is 1. The normalized spacial score (nSPS) is 22.4. The molecule has 4 heteroatoms. The van der Waals surface area contributed by atoms with Crippen molar-refractivity contribution in [3.8, 4) is 0 Å². The number of hydrogen-bond donors (Lipinski definition) is 2. The van der Waals surface area contributed by atoms with E-state index in [4.69, 9.17) is 0 Å². The number of aromatic nitrogens is 1. The molecule has 4 rings (SSSR count). The van der Waals surface area contributed by atoms with Gasteiger partial charge in [-0.05, 0) is 42.5 Å². The summed E-state index contributed by atoms with van der Waals surface area (Å²) in [6, 6.07) is 7.17. The summed E-state index contributed by atoms with van der Waals surface area (Å²) < 4.78 is 1.17. The van der Waals surface area contributed by atoms with Crippen molar-refractivity contribution < 1.29 is 0 Å². The van der Waals surface area contributed by atoms with Crippen LogP contribution in [-0.2, 0) is 0 Å². The minimum atomic E-state index is 0.577. The first-order chi connectivity index (χ1) is 10.8. The van der Waals surface area contributed by atoms with Gasteiger partial charge in [-0.1, -0.05) is 28.8 Å². The van der Waals surface area contributed by atoms with Crippen LogP contribution in [0.25, 0.3) is 10.9 Å². The predicted octanol–water partition coefficient (Wildman–Crippen LogP) is 4.07. The maximum Gasteiger partial charge on any atom is 0.0458 e. The van der Waals surface area contributed by atoms with Crippen LogP contribution >= 0.6 is 15.9 Å². The number of aromatic amines is 1. The SMILES string of the molecule is Brc1ccc2[nH]cc([C@@H](C3CCCC3)N3CCNCC3)c2c1. The second-order valence-electron chi connectivity index (χ2n) is 6.71. The van der Waals surface area contributed by atoms with Crippen LogP contribution in [-0.4, -0.2) is 36.1 Å². The number of benzene rings is 1.